The lowest BCUT2D eigenvalue weighted by Gasteiger charge is -2.16. The van der Waals surface area contributed by atoms with Crippen molar-refractivity contribution in [2.45, 2.75) is 25.9 Å². The number of ether oxygens (including phenoxy) is 1. The summed E-state index contributed by atoms with van der Waals surface area (Å²) in [7, 11) is 0. The van der Waals surface area contributed by atoms with Crippen LogP contribution in [0.15, 0.2) is 40.9 Å². The van der Waals surface area contributed by atoms with Crippen LogP contribution in [0.1, 0.15) is 35.3 Å². The minimum atomic E-state index is -0.211. The summed E-state index contributed by atoms with van der Waals surface area (Å²) in [6.07, 6.45) is 0.801. The summed E-state index contributed by atoms with van der Waals surface area (Å²) < 4.78 is 6.67. The van der Waals surface area contributed by atoms with Gasteiger partial charge in [0.2, 0.25) is 0 Å². The molecule has 4 heteroatoms. The Labute approximate surface area is 137 Å². The summed E-state index contributed by atoms with van der Waals surface area (Å²) in [6, 6.07) is 10.8. The fourth-order valence-electron chi connectivity index (χ4n) is 2.58. The predicted octanol–water partition coefficient (Wildman–Crippen LogP) is 5.05. The van der Waals surface area contributed by atoms with Crippen LogP contribution in [-0.4, -0.2) is 11.4 Å². The van der Waals surface area contributed by atoms with Gasteiger partial charge in [0, 0.05) is 22.0 Å². The van der Waals surface area contributed by atoms with Crippen LogP contribution in [0.3, 0.4) is 0 Å². The summed E-state index contributed by atoms with van der Waals surface area (Å²) in [6.45, 7) is 4.08. The number of carbonyl (C=O) groups is 1. The van der Waals surface area contributed by atoms with E-state index in [0.29, 0.717) is 16.1 Å². The highest BCUT2D eigenvalue weighted by Crippen LogP contribution is 2.36. The van der Waals surface area contributed by atoms with Crippen molar-refractivity contribution in [3.63, 3.8) is 0 Å². The lowest BCUT2D eigenvalue weighted by atomic mass is 9.97. The number of ketones is 1. The number of hydrogen-bond donors (Lipinski definition) is 0. The van der Waals surface area contributed by atoms with Crippen molar-refractivity contribution in [3.8, 4) is 5.75 Å². The second kappa shape index (κ2) is 5.15. The van der Waals surface area contributed by atoms with Gasteiger partial charge in [-0.1, -0.05) is 27.5 Å². The van der Waals surface area contributed by atoms with E-state index in [1.807, 2.05) is 32.0 Å². The number of benzene rings is 2. The van der Waals surface area contributed by atoms with Crippen LogP contribution >= 0.6 is 27.5 Å². The summed E-state index contributed by atoms with van der Waals surface area (Å²) in [5.74, 6) is 0.783. The number of hydrogen-bond acceptors (Lipinski definition) is 2. The average molecular weight is 366 g/mol. The molecule has 1 aliphatic rings. The molecule has 0 bridgehead atoms. The second-order valence-corrected chi connectivity index (χ2v) is 7.14. The van der Waals surface area contributed by atoms with Crippen molar-refractivity contribution in [1.82, 2.24) is 0 Å². The van der Waals surface area contributed by atoms with Gasteiger partial charge in [-0.25, -0.2) is 0 Å². The molecule has 0 N–H and O–H groups in total. The van der Waals surface area contributed by atoms with E-state index in [-0.39, 0.29) is 11.4 Å². The second-order valence-electron chi connectivity index (χ2n) is 5.81. The van der Waals surface area contributed by atoms with Gasteiger partial charge < -0.3 is 4.74 Å². The summed E-state index contributed by atoms with van der Waals surface area (Å²) in [4.78, 5) is 12.6. The molecule has 0 atom stereocenters. The van der Waals surface area contributed by atoms with Gasteiger partial charge in [-0.2, -0.15) is 0 Å². The Morgan fingerprint density at radius 3 is 2.76 bits per heavy atom. The first-order chi connectivity index (χ1) is 9.85. The number of halogens is 2. The molecule has 0 radical (unpaired) electrons. The third-order valence-electron chi connectivity index (χ3n) is 3.50. The summed E-state index contributed by atoms with van der Waals surface area (Å²) in [5, 5.41) is 0.459. The Morgan fingerprint density at radius 1 is 1.24 bits per heavy atom. The molecular formula is C17H14BrClO2. The lowest BCUT2D eigenvalue weighted by Crippen LogP contribution is -2.24. The van der Waals surface area contributed by atoms with Crippen molar-refractivity contribution in [3.05, 3.63) is 62.6 Å². The van der Waals surface area contributed by atoms with Crippen LogP contribution in [0.5, 0.6) is 5.75 Å². The van der Waals surface area contributed by atoms with Gasteiger partial charge in [0.15, 0.2) is 5.78 Å². The highest BCUT2D eigenvalue weighted by atomic mass is 79.9. The van der Waals surface area contributed by atoms with Gasteiger partial charge in [0.1, 0.15) is 11.4 Å². The first-order valence-electron chi connectivity index (χ1n) is 6.67. The number of rotatable bonds is 2. The molecule has 0 fully saturated rings. The minimum Gasteiger partial charge on any atom is -0.487 e. The maximum absolute atomic E-state index is 12.6. The Morgan fingerprint density at radius 2 is 2.00 bits per heavy atom. The number of fused-ring (bicyclic) bond motifs is 1. The minimum absolute atomic E-state index is 0.0752. The van der Waals surface area contributed by atoms with Crippen molar-refractivity contribution >= 4 is 33.3 Å². The molecule has 0 unspecified atom stereocenters. The van der Waals surface area contributed by atoms with Crippen LogP contribution in [0.2, 0.25) is 5.02 Å². The zero-order valence-electron chi connectivity index (χ0n) is 11.7. The van der Waals surface area contributed by atoms with Gasteiger partial charge in [0.25, 0.3) is 0 Å². The van der Waals surface area contributed by atoms with E-state index in [9.17, 15) is 4.79 Å². The van der Waals surface area contributed by atoms with Crippen molar-refractivity contribution in [2.24, 2.45) is 0 Å². The summed E-state index contributed by atoms with van der Waals surface area (Å²) in [5.41, 5.74) is 1.99. The smallest absolute Gasteiger partial charge is 0.194 e. The van der Waals surface area contributed by atoms with Crippen molar-refractivity contribution in [2.75, 3.05) is 0 Å². The molecule has 0 spiro atoms. The molecule has 2 aromatic rings. The molecule has 1 heterocycles. The maximum atomic E-state index is 12.6. The maximum Gasteiger partial charge on any atom is 0.194 e. The van der Waals surface area contributed by atoms with Crippen LogP contribution in [0.4, 0.5) is 0 Å². The van der Waals surface area contributed by atoms with E-state index in [1.165, 1.54) is 0 Å². The van der Waals surface area contributed by atoms with Gasteiger partial charge in [0.05, 0.1) is 5.02 Å². The molecule has 0 amide bonds. The van der Waals surface area contributed by atoms with Gasteiger partial charge in [-0.15, -0.1) is 0 Å². The van der Waals surface area contributed by atoms with Crippen LogP contribution < -0.4 is 4.74 Å². The average Bonchev–Trinajstić information content (AvgIpc) is 2.73. The van der Waals surface area contributed by atoms with Gasteiger partial charge in [-0.3, -0.25) is 4.79 Å². The zero-order chi connectivity index (χ0) is 15.2. The molecule has 0 saturated carbocycles. The molecule has 3 rings (SSSR count). The van der Waals surface area contributed by atoms with E-state index in [1.54, 1.807) is 18.2 Å². The molecule has 21 heavy (non-hydrogen) atoms. The predicted molar refractivity (Wildman–Crippen MR) is 87.4 cm³/mol. The largest absolute Gasteiger partial charge is 0.487 e. The normalized spacial score (nSPS) is 15.4. The fourth-order valence-corrected chi connectivity index (χ4v) is 3.14. The van der Waals surface area contributed by atoms with E-state index in [4.69, 9.17) is 16.3 Å². The topological polar surface area (TPSA) is 26.3 Å². The molecule has 0 saturated heterocycles. The first-order valence-corrected chi connectivity index (χ1v) is 7.84. The van der Waals surface area contributed by atoms with E-state index in [0.717, 1.165) is 22.2 Å². The third-order valence-corrected chi connectivity index (χ3v) is 4.32. The zero-order valence-corrected chi connectivity index (χ0v) is 14.1. The van der Waals surface area contributed by atoms with Crippen LogP contribution in [0, 0.1) is 0 Å². The van der Waals surface area contributed by atoms with Gasteiger partial charge >= 0.3 is 0 Å². The van der Waals surface area contributed by atoms with Gasteiger partial charge in [-0.05, 0) is 55.8 Å². The summed E-state index contributed by atoms with van der Waals surface area (Å²) >= 11 is 9.51. The van der Waals surface area contributed by atoms with E-state index >= 15 is 0 Å². The van der Waals surface area contributed by atoms with Crippen LogP contribution in [-0.2, 0) is 6.42 Å². The molecule has 0 aliphatic carbocycles. The van der Waals surface area contributed by atoms with E-state index in [2.05, 4.69) is 15.9 Å². The highest BCUT2D eigenvalue weighted by Gasteiger charge is 2.30. The Balaban J connectivity index is 1.99. The molecule has 2 aromatic carbocycles. The molecule has 108 valence electrons. The molecule has 2 nitrogen and oxygen atoms in total. The fraction of sp³-hybridized carbons (Fsp3) is 0.235. The first kappa shape index (κ1) is 14.6. The lowest BCUT2D eigenvalue weighted by molar-refractivity contribution is 0.103. The van der Waals surface area contributed by atoms with E-state index < -0.39 is 0 Å². The SMILES string of the molecule is CC1(C)Cc2cc(C(=O)c3cc(Br)ccc3Cl)ccc2O1. The Bertz CT molecular complexity index is 738. The molecule has 0 aromatic heterocycles. The monoisotopic (exact) mass is 364 g/mol. The van der Waals surface area contributed by atoms with Crippen molar-refractivity contribution in [1.29, 1.82) is 0 Å². The molecule has 1 aliphatic heterocycles. The van der Waals surface area contributed by atoms with Crippen LogP contribution in [0.25, 0.3) is 0 Å². The third kappa shape index (κ3) is 2.85. The highest BCUT2D eigenvalue weighted by molar-refractivity contribution is 9.10. The Hall–Kier alpha value is -1.32. The quantitative estimate of drug-likeness (QED) is 0.696. The standard InChI is InChI=1S/C17H14BrClO2/c1-17(2)9-11-7-10(3-6-15(11)21-17)16(20)13-8-12(18)4-5-14(13)19/h3-8H,9H2,1-2H3. The Kier molecular flexibility index (Phi) is 3.58. The van der Waals surface area contributed by atoms with Crippen molar-refractivity contribution < 1.29 is 9.53 Å². The molecular weight excluding hydrogens is 352 g/mol. The number of carbonyl (C=O) groups excluding carboxylic acids is 1.